The summed E-state index contributed by atoms with van der Waals surface area (Å²) in [6.45, 7) is 6.80. The molecule has 144 valence electrons. The van der Waals surface area contributed by atoms with E-state index in [4.69, 9.17) is 9.47 Å². The summed E-state index contributed by atoms with van der Waals surface area (Å²) < 4.78 is 10.8. The lowest BCUT2D eigenvalue weighted by molar-refractivity contribution is 0.355. The van der Waals surface area contributed by atoms with Crippen LogP contribution in [-0.2, 0) is 5.41 Å². The number of aryl methyl sites for hydroxylation is 1. The lowest BCUT2D eigenvalue weighted by atomic mass is 9.82. The summed E-state index contributed by atoms with van der Waals surface area (Å²) in [5.41, 5.74) is 8.99. The van der Waals surface area contributed by atoms with Crippen LogP contribution in [0.15, 0.2) is 54.6 Å². The van der Waals surface area contributed by atoms with Crippen LogP contribution < -0.4 is 14.4 Å². The molecule has 0 unspecified atom stereocenters. The topological polar surface area (TPSA) is 21.7 Å². The molecule has 1 aliphatic carbocycles. The van der Waals surface area contributed by atoms with Gasteiger partial charge in [-0.3, -0.25) is 0 Å². The summed E-state index contributed by atoms with van der Waals surface area (Å²) in [5.74, 6) is 1.47. The first kappa shape index (κ1) is 18.4. The summed E-state index contributed by atoms with van der Waals surface area (Å²) in [5, 5.41) is 0. The summed E-state index contributed by atoms with van der Waals surface area (Å²) >= 11 is 0. The molecule has 0 N–H and O–H groups in total. The summed E-state index contributed by atoms with van der Waals surface area (Å²) in [6, 6.07) is 19.6. The Hall–Kier alpha value is -2.94. The molecule has 0 spiro atoms. The van der Waals surface area contributed by atoms with Crippen LogP contribution in [0.25, 0.3) is 11.1 Å². The van der Waals surface area contributed by atoms with Gasteiger partial charge in [0.1, 0.15) is 0 Å². The van der Waals surface area contributed by atoms with Crippen molar-refractivity contribution in [3.8, 4) is 22.6 Å². The second kappa shape index (κ2) is 6.59. The number of fused-ring (bicyclic) bond motifs is 3. The standard InChI is InChI=1S/C25H27NO2/c1-16-7-10-19-20-11-8-17(14-22(20)25(2,3)21(19)13-16)26(4)18-9-12-23(27-5)24(15-18)28-6/h7-15H,1-6H3. The number of anilines is 2. The average molecular weight is 373 g/mol. The molecule has 1 aliphatic rings. The predicted molar refractivity (Wildman–Crippen MR) is 116 cm³/mol. The van der Waals surface area contributed by atoms with Crippen molar-refractivity contribution in [1.82, 2.24) is 0 Å². The molecule has 0 bridgehead atoms. The van der Waals surface area contributed by atoms with E-state index in [0.29, 0.717) is 0 Å². The Morgan fingerprint density at radius 2 is 1.29 bits per heavy atom. The zero-order valence-corrected chi connectivity index (χ0v) is 17.5. The van der Waals surface area contributed by atoms with Crippen LogP contribution in [-0.4, -0.2) is 21.3 Å². The van der Waals surface area contributed by atoms with Crippen molar-refractivity contribution >= 4 is 11.4 Å². The fourth-order valence-corrected chi connectivity index (χ4v) is 4.23. The van der Waals surface area contributed by atoms with Gasteiger partial charge in [-0.2, -0.15) is 0 Å². The van der Waals surface area contributed by atoms with Crippen molar-refractivity contribution in [3.05, 3.63) is 71.3 Å². The van der Waals surface area contributed by atoms with E-state index < -0.39 is 0 Å². The average Bonchev–Trinajstić information content (AvgIpc) is 2.93. The normalized spacial score (nSPS) is 13.6. The Morgan fingerprint density at radius 1 is 0.714 bits per heavy atom. The first-order chi connectivity index (χ1) is 13.4. The van der Waals surface area contributed by atoms with E-state index in [1.54, 1.807) is 14.2 Å². The molecule has 3 aromatic rings. The lowest BCUT2D eigenvalue weighted by Crippen LogP contribution is -2.16. The Kier molecular flexibility index (Phi) is 4.34. The lowest BCUT2D eigenvalue weighted by Gasteiger charge is -2.25. The van der Waals surface area contributed by atoms with Gasteiger partial charge in [0.25, 0.3) is 0 Å². The number of rotatable bonds is 4. The van der Waals surface area contributed by atoms with Gasteiger partial charge in [-0.25, -0.2) is 0 Å². The maximum atomic E-state index is 5.47. The number of nitrogens with zero attached hydrogens (tertiary/aromatic N) is 1. The summed E-state index contributed by atoms with van der Waals surface area (Å²) in [4.78, 5) is 2.19. The van der Waals surface area contributed by atoms with Gasteiger partial charge in [-0.15, -0.1) is 0 Å². The van der Waals surface area contributed by atoms with E-state index in [1.807, 2.05) is 12.1 Å². The number of benzene rings is 3. The fraction of sp³-hybridized carbons (Fsp3) is 0.280. The molecule has 3 aromatic carbocycles. The minimum Gasteiger partial charge on any atom is -0.493 e. The third kappa shape index (κ3) is 2.73. The van der Waals surface area contributed by atoms with E-state index in [0.717, 1.165) is 22.9 Å². The highest BCUT2D eigenvalue weighted by molar-refractivity contribution is 5.83. The second-order valence-electron chi connectivity index (χ2n) is 8.00. The van der Waals surface area contributed by atoms with Crippen LogP contribution in [0.4, 0.5) is 11.4 Å². The highest BCUT2D eigenvalue weighted by Crippen LogP contribution is 2.50. The fourth-order valence-electron chi connectivity index (χ4n) is 4.23. The number of hydrogen-bond acceptors (Lipinski definition) is 3. The van der Waals surface area contributed by atoms with E-state index in [2.05, 4.69) is 75.2 Å². The Bertz CT molecular complexity index is 1050. The molecule has 0 aliphatic heterocycles. The highest BCUT2D eigenvalue weighted by Gasteiger charge is 2.35. The van der Waals surface area contributed by atoms with Crippen LogP contribution in [0.1, 0.15) is 30.5 Å². The van der Waals surface area contributed by atoms with Crippen LogP contribution >= 0.6 is 0 Å². The van der Waals surface area contributed by atoms with Gasteiger partial charge in [0.2, 0.25) is 0 Å². The zero-order chi connectivity index (χ0) is 20.1. The third-order valence-electron chi connectivity index (χ3n) is 5.96. The molecule has 3 heteroatoms. The van der Waals surface area contributed by atoms with E-state index in [-0.39, 0.29) is 5.41 Å². The van der Waals surface area contributed by atoms with Gasteiger partial charge in [-0.1, -0.05) is 43.7 Å². The first-order valence-corrected chi connectivity index (χ1v) is 9.58. The Labute approximate surface area is 167 Å². The van der Waals surface area contributed by atoms with Crippen molar-refractivity contribution in [2.75, 3.05) is 26.2 Å². The molecular weight excluding hydrogens is 346 g/mol. The molecule has 0 saturated carbocycles. The predicted octanol–water partition coefficient (Wildman–Crippen LogP) is 6.09. The van der Waals surface area contributed by atoms with Crippen molar-refractivity contribution in [3.63, 3.8) is 0 Å². The van der Waals surface area contributed by atoms with Crippen LogP contribution in [0.5, 0.6) is 11.5 Å². The molecule has 0 amide bonds. The van der Waals surface area contributed by atoms with Gasteiger partial charge < -0.3 is 14.4 Å². The Morgan fingerprint density at radius 3 is 1.96 bits per heavy atom. The van der Waals surface area contributed by atoms with Crippen molar-refractivity contribution in [2.45, 2.75) is 26.2 Å². The SMILES string of the molecule is COc1ccc(N(C)c2ccc3c(c2)C(C)(C)c2cc(C)ccc2-3)cc1OC. The maximum absolute atomic E-state index is 5.47. The van der Waals surface area contributed by atoms with E-state index >= 15 is 0 Å². The molecule has 0 fully saturated rings. The van der Waals surface area contributed by atoms with Crippen LogP contribution in [0.3, 0.4) is 0 Å². The molecular formula is C25H27NO2. The quantitative estimate of drug-likeness (QED) is 0.553. The molecule has 4 rings (SSSR count). The molecule has 0 heterocycles. The summed E-state index contributed by atoms with van der Waals surface area (Å²) in [7, 11) is 5.41. The monoisotopic (exact) mass is 373 g/mol. The number of ether oxygens (including phenoxy) is 2. The van der Waals surface area contributed by atoms with Crippen LogP contribution in [0.2, 0.25) is 0 Å². The van der Waals surface area contributed by atoms with E-state index in [1.165, 1.54) is 27.8 Å². The van der Waals surface area contributed by atoms with Gasteiger partial charge in [-0.05, 0) is 53.4 Å². The minimum absolute atomic E-state index is 0.00879. The van der Waals surface area contributed by atoms with E-state index in [9.17, 15) is 0 Å². The third-order valence-corrected chi connectivity index (χ3v) is 5.96. The molecule has 3 nitrogen and oxygen atoms in total. The summed E-state index contributed by atoms with van der Waals surface area (Å²) in [6.07, 6.45) is 0. The molecule has 0 atom stereocenters. The Balaban J connectivity index is 1.77. The van der Waals surface area contributed by atoms with Gasteiger partial charge in [0, 0.05) is 29.9 Å². The minimum atomic E-state index is -0.00879. The largest absolute Gasteiger partial charge is 0.493 e. The maximum Gasteiger partial charge on any atom is 0.162 e. The molecule has 0 saturated heterocycles. The zero-order valence-electron chi connectivity index (χ0n) is 17.5. The van der Waals surface area contributed by atoms with Crippen LogP contribution in [0, 0.1) is 6.92 Å². The molecule has 28 heavy (non-hydrogen) atoms. The van der Waals surface area contributed by atoms with Gasteiger partial charge in [0.15, 0.2) is 11.5 Å². The molecule has 0 radical (unpaired) electrons. The number of methoxy groups -OCH3 is 2. The second-order valence-corrected chi connectivity index (χ2v) is 8.00. The smallest absolute Gasteiger partial charge is 0.162 e. The highest BCUT2D eigenvalue weighted by atomic mass is 16.5. The van der Waals surface area contributed by atoms with Crippen molar-refractivity contribution in [2.24, 2.45) is 0 Å². The first-order valence-electron chi connectivity index (χ1n) is 9.58. The van der Waals surface area contributed by atoms with Gasteiger partial charge >= 0.3 is 0 Å². The molecule has 0 aromatic heterocycles. The number of hydrogen-bond donors (Lipinski definition) is 0. The van der Waals surface area contributed by atoms with Gasteiger partial charge in [0.05, 0.1) is 14.2 Å². The van der Waals surface area contributed by atoms with Crippen molar-refractivity contribution in [1.29, 1.82) is 0 Å². The van der Waals surface area contributed by atoms with Crippen molar-refractivity contribution < 1.29 is 9.47 Å².